The Morgan fingerprint density at radius 1 is 0.489 bits per heavy atom. The summed E-state index contributed by atoms with van der Waals surface area (Å²) in [5.41, 5.74) is 18.1. The molecule has 0 aliphatic heterocycles. The summed E-state index contributed by atoms with van der Waals surface area (Å²) < 4.78 is 90.4. The number of carboxylic acids is 1. The number of nitrogens with zero attached hydrogens (tertiary/aromatic N) is 10. The number of furan rings is 4. The minimum atomic E-state index is -3.69. The number of aromatic hydroxyl groups is 2. The van der Waals surface area contributed by atoms with Gasteiger partial charge in [-0.2, -0.15) is 0 Å². The van der Waals surface area contributed by atoms with Gasteiger partial charge in [0.25, 0.3) is 23.0 Å². The second-order valence-electron chi connectivity index (χ2n) is 24.3. The monoisotopic (exact) mass is 2050 g/mol. The summed E-state index contributed by atoms with van der Waals surface area (Å²) in [6.45, 7) is 2.77. The van der Waals surface area contributed by atoms with Crippen LogP contribution in [0, 0.1) is 76.5 Å². The number of halogens is 15. The molecule has 0 atom stereocenters. The van der Waals surface area contributed by atoms with Crippen molar-refractivity contribution in [1.29, 1.82) is 0 Å². The predicted octanol–water partition coefficient (Wildman–Crippen LogP) is 23.2. The zero-order valence-corrected chi connectivity index (χ0v) is 74.8. The summed E-state index contributed by atoms with van der Waals surface area (Å²) in [6, 6.07) is 42.5. The first-order valence-electron chi connectivity index (χ1n) is 34.7. The van der Waals surface area contributed by atoms with E-state index in [9.17, 15) is 91.3 Å². The van der Waals surface area contributed by atoms with Gasteiger partial charge in [0.1, 0.15) is 100 Å². The average Bonchev–Trinajstić information content (AvgIpc) is 0.972. The molecule has 0 spiro atoms. The van der Waals surface area contributed by atoms with Crippen LogP contribution in [0.1, 0.15) is 68.4 Å². The summed E-state index contributed by atoms with van der Waals surface area (Å²) in [5, 5.41) is 68.5. The minimum absolute atomic E-state index is 0. The van der Waals surface area contributed by atoms with Crippen LogP contribution in [0.25, 0.3) is 80.1 Å². The Labute approximate surface area is 778 Å². The van der Waals surface area contributed by atoms with Gasteiger partial charge in [0.2, 0.25) is 0 Å². The van der Waals surface area contributed by atoms with Gasteiger partial charge in [-0.15, -0.1) is 12.4 Å². The number of hydrogen-bond acceptors (Lipinski definition) is 29. The third kappa shape index (κ3) is 39.4. The number of hydrogen-bond donors (Lipinski definition) is 9. The van der Waals surface area contributed by atoms with Gasteiger partial charge in [0, 0.05) is 34.8 Å². The zero-order chi connectivity index (χ0) is 96.7. The third-order valence-electron chi connectivity index (χ3n) is 14.6. The summed E-state index contributed by atoms with van der Waals surface area (Å²) in [7, 11) is 0. The number of nitrogens with two attached hydrogens (primary N) is 3. The number of aliphatic carboxylic acids is 1. The van der Waals surface area contributed by atoms with Gasteiger partial charge in [-0.3, -0.25) is 69.0 Å². The maximum Gasteiger partial charge on any atom is 0.433 e. The van der Waals surface area contributed by atoms with Crippen LogP contribution >= 0.6 is 123 Å². The average molecular weight is 2050 g/mol. The Hall–Kier alpha value is -13.7. The fraction of sp³-hybridized carbons (Fsp3) is 0.0260. The molecule has 0 saturated carbocycles. The normalized spacial score (nSPS) is 10.9. The van der Waals surface area contributed by atoms with Crippen LogP contribution in [0.15, 0.2) is 215 Å². The van der Waals surface area contributed by atoms with Crippen LogP contribution < -0.4 is 33.6 Å². The molecule has 0 saturated heterocycles. The Kier molecular flexibility index (Phi) is 40.9. The fourth-order valence-corrected chi connectivity index (χ4v) is 9.58. The number of fused-ring (bicyclic) bond motifs is 4. The Balaban J connectivity index is 0.000000272. The standard InChI is InChI=1S/C20H13FN4O4.C14H7ClFN3O3.C14H8FN3O4.C9H7FN2O.C7H7FN2O.C6H7NO.C5H3NO4.C2H4O2.Cl5P.Cl3OP.ClH/c21-12-1-8-17-16(11-12)20(22-13-2-4-14(26)5-3-13)24-18(23-17)9-6-15-7-10-19(29-15)25(27)28;15-14-10-7-8(16)1-4-11(10)17-12(18-14)5-2-9-3-6-13(22-9)19(20)21;15-8-1-4-11-10(7-8)14(19)17-12(16-11)5-2-9-3-6-13(22-9)18(20)21;1-5-11-8-3-2-6(10)4-7(8)9(13)12-5;8-4-1-2-6(9)5(3-4)7(10)11;7-5-1-3-6(8)4-2-5;7-3-4-1-2-5(10-4)6(8)9;1-2(3)4;1-6(2,3,4)5;1-5(2,3)4;/h1-11,26H,(H,22,23,24);1-7H;1-7H,(H,16,17,19);2-4H,1H3,(H,11,12,13);1-3H,9H2,(H2,10,11);1-4,8H,7H2;1-3H;1H3,(H,3,4);;;1H/b9-6+;2*5-2+;;;;;;;;. The molecule has 37 nitrogen and oxygen atoms in total. The van der Waals surface area contributed by atoms with Gasteiger partial charge in [-0.25, -0.2) is 51.9 Å². The Morgan fingerprint density at radius 2 is 0.824 bits per heavy atom. The molecule has 131 heavy (non-hydrogen) atoms. The number of H-pyrrole nitrogens is 2. The largest absolute Gasteiger partial charge is 0.508 e. The molecule has 0 radical (unpaired) electrons. The van der Waals surface area contributed by atoms with Crippen LogP contribution in [-0.4, -0.2) is 93.0 Å². The van der Waals surface area contributed by atoms with Gasteiger partial charge >= 0.3 is 88.3 Å². The van der Waals surface area contributed by atoms with Crippen LogP contribution in [0.4, 0.5) is 68.4 Å². The molecule has 0 bridgehead atoms. The first-order chi connectivity index (χ1) is 60.8. The van der Waals surface area contributed by atoms with Gasteiger partial charge in [0.15, 0.2) is 23.7 Å². The number of rotatable bonds is 14. The van der Waals surface area contributed by atoms with Crippen LogP contribution in [0.3, 0.4) is 0 Å². The number of phenols is 2. The van der Waals surface area contributed by atoms with E-state index in [4.69, 9.17) is 113 Å². The van der Waals surface area contributed by atoms with E-state index in [0.717, 1.165) is 25.1 Å². The number of benzene rings is 7. The van der Waals surface area contributed by atoms with Crippen molar-refractivity contribution < 1.29 is 93.6 Å². The molecule has 0 aliphatic carbocycles. The topological polar surface area (TPSA) is 587 Å². The van der Waals surface area contributed by atoms with Gasteiger partial charge in [0.05, 0.1) is 62.7 Å². The third-order valence-corrected chi connectivity index (χ3v) is 14.9. The van der Waals surface area contributed by atoms with Gasteiger partial charge in [-0.1, -0.05) is 11.6 Å². The fourth-order valence-electron chi connectivity index (χ4n) is 9.34. The van der Waals surface area contributed by atoms with Crippen LogP contribution in [0.5, 0.6) is 11.5 Å². The quantitative estimate of drug-likeness (QED) is 0.00713. The predicted molar refractivity (Wildman–Crippen MR) is 492 cm³/mol. The summed E-state index contributed by atoms with van der Waals surface area (Å²) in [5.74, 6) is -2.57. The molecule has 54 heteroatoms. The maximum absolute atomic E-state index is 13.7. The Bertz CT molecular complexity index is 6860. The van der Waals surface area contributed by atoms with Crippen molar-refractivity contribution in [3.8, 4) is 11.5 Å². The molecule has 686 valence electrons. The van der Waals surface area contributed by atoms with E-state index in [0.29, 0.717) is 68.0 Å². The SMILES string of the molecule is CC(=O)O.Cc1nc2ccc(F)cc2c(=O)[nH]1.Cl.ClP(Cl)(Cl)(Cl)Cl.NC(=O)c1cc(F)ccc1N.Nc1ccc(O)cc1.O=Cc1ccc([N+](=O)[O-])o1.O=P(Cl)(Cl)Cl.O=[N+]([O-])c1ccc(/C=C/c2nc(Cl)c3cc(F)ccc3n2)o1.O=[N+]([O-])c1ccc(/C=C/c2nc(Nc3ccc(O)cc3)c3cc(F)ccc3n2)o1.O=c1[nH]c(/C=C/c2ccc([N+](=O)[O-])o2)nc2ccc(F)cc12. The van der Waals surface area contributed by atoms with E-state index >= 15 is 0 Å². The summed E-state index contributed by atoms with van der Waals surface area (Å²) in [4.78, 5) is 122. The second kappa shape index (κ2) is 49.7. The molecule has 0 unspecified atom stereocenters. The van der Waals surface area contributed by atoms with Crippen LogP contribution in [0.2, 0.25) is 5.15 Å². The molecular formula is C77H57Cl10F5N16O21P2. The van der Waals surface area contributed by atoms with E-state index in [-0.39, 0.29) is 109 Å². The van der Waals surface area contributed by atoms with E-state index in [1.165, 1.54) is 170 Å². The number of carbonyl (C=O) groups excluding carboxylic acids is 2. The number of primary amides is 1. The molecule has 8 aromatic heterocycles. The summed E-state index contributed by atoms with van der Waals surface area (Å²) in [6.07, 6.45) is 9.29. The number of carbonyl (C=O) groups is 3. The van der Waals surface area contributed by atoms with Crippen molar-refractivity contribution in [1.82, 2.24) is 39.9 Å². The number of aldehydes is 1. The molecule has 0 aliphatic rings. The van der Waals surface area contributed by atoms with E-state index in [1.54, 1.807) is 43.3 Å². The number of carboxylic acid groups (broad SMARTS) is 1. The molecule has 15 aromatic rings. The van der Waals surface area contributed by atoms with E-state index in [2.05, 4.69) is 83.3 Å². The van der Waals surface area contributed by atoms with Gasteiger partial charge < -0.3 is 65.5 Å². The number of nitrogens with one attached hydrogen (secondary N) is 3. The first kappa shape index (κ1) is 108. The van der Waals surface area contributed by atoms with E-state index < -0.39 is 80.7 Å². The number of nitrogen functional groups attached to an aromatic ring is 2. The van der Waals surface area contributed by atoms with Crippen molar-refractivity contribution in [2.45, 2.75) is 13.8 Å². The first-order valence-corrected chi connectivity index (χ1v) is 46.2. The molecule has 0 fully saturated rings. The number of amides is 1. The number of nitro groups is 4. The number of phenolic OH excluding ortho intramolecular Hbond substituents is 2. The minimum Gasteiger partial charge on any atom is -0.508 e. The van der Waals surface area contributed by atoms with Gasteiger partial charge in [-0.05, 0) is 241 Å². The van der Waals surface area contributed by atoms with Crippen molar-refractivity contribution >= 4 is 267 Å². The summed E-state index contributed by atoms with van der Waals surface area (Å²) >= 11 is 44.7. The number of aromatic amines is 2. The molecule has 7 aromatic carbocycles. The molecular weight excluding hydrogens is 2000 g/mol. The molecule has 12 N–H and O–H groups in total. The second-order valence-corrected chi connectivity index (χ2v) is 47.9. The smallest absolute Gasteiger partial charge is 0.433 e. The number of aryl methyl sites for hydroxylation is 1. The maximum atomic E-state index is 13.7. The van der Waals surface area contributed by atoms with Crippen molar-refractivity contribution in [3.63, 3.8) is 0 Å². The van der Waals surface area contributed by atoms with Crippen molar-refractivity contribution in [3.05, 3.63) is 335 Å². The molecule has 8 heterocycles. The zero-order valence-electron chi connectivity index (χ0n) is 65.4. The number of aromatic nitrogens is 8. The molecule has 1 amide bonds. The van der Waals surface area contributed by atoms with Crippen molar-refractivity contribution in [2.75, 3.05) is 16.8 Å². The van der Waals surface area contributed by atoms with E-state index in [1.807, 2.05) is 0 Å². The Morgan fingerprint density at radius 3 is 1.21 bits per heavy atom. The molecule has 15 rings (SSSR count). The number of anilines is 4. The van der Waals surface area contributed by atoms with Crippen LogP contribution in [-0.2, 0) is 9.36 Å². The van der Waals surface area contributed by atoms with Crippen molar-refractivity contribution in [2.24, 2.45) is 5.73 Å².